The first-order valence-corrected chi connectivity index (χ1v) is 8.50. The molecule has 0 saturated heterocycles. The molecule has 18 heavy (non-hydrogen) atoms. The van der Waals surface area contributed by atoms with Gasteiger partial charge in [0.25, 0.3) is 0 Å². The Balaban J connectivity index is 1.73. The molecule has 0 radical (unpaired) electrons. The summed E-state index contributed by atoms with van der Waals surface area (Å²) >= 11 is 0. The first-order valence-electron chi connectivity index (χ1n) is 8.50. The lowest BCUT2D eigenvalue weighted by molar-refractivity contribution is 0.136. The van der Waals surface area contributed by atoms with Gasteiger partial charge in [-0.2, -0.15) is 0 Å². The van der Waals surface area contributed by atoms with E-state index in [0.29, 0.717) is 6.04 Å². The van der Waals surface area contributed by atoms with Gasteiger partial charge in [0.05, 0.1) is 0 Å². The lowest BCUT2D eigenvalue weighted by Gasteiger charge is -2.39. The summed E-state index contributed by atoms with van der Waals surface area (Å²) in [7, 11) is 0. The molecule has 2 fully saturated rings. The average Bonchev–Trinajstić information content (AvgIpc) is 2.47. The molecule has 1 heteroatoms. The summed E-state index contributed by atoms with van der Waals surface area (Å²) in [6, 6.07) is 0.474. The highest BCUT2D eigenvalue weighted by Crippen LogP contribution is 2.42. The van der Waals surface area contributed by atoms with Crippen LogP contribution >= 0.6 is 0 Å². The monoisotopic (exact) mass is 251 g/mol. The Hall–Kier alpha value is -0.0400. The molecule has 0 bridgehead atoms. The van der Waals surface area contributed by atoms with E-state index in [1.165, 1.54) is 57.8 Å². The lowest BCUT2D eigenvalue weighted by Crippen LogP contribution is -2.34. The molecule has 0 amide bonds. The van der Waals surface area contributed by atoms with Crippen molar-refractivity contribution in [2.75, 3.05) is 0 Å². The van der Waals surface area contributed by atoms with Crippen LogP contribution in [0.25, 0.3) is 0 Å². The van der Waals surface area contributed by atoms with E-state index in [1.807, 2.05) is 0 Å². The van der Waals surface area contributed by atoms with Crippen molar-refractivity contribution < 1.29 is 0 Å². The van der Waals surface area contributed by atoms with Crippen molar-refractivity contribution in [3.63, 3.8) is 0 Å². The van der Waals surface area contributed by atoms with Crippen LogP contribution in [-0.2, 0) is 0 Å². The van der Waals surface area contributed by atoms with E-state index in [4.69, 9.17) is 5.73 Å². The van der Waals surface area contributed by atoms with E-state index in [1.54, 1.807) is 0 Å². The molecular weight excluding hydrogens is 218 g/mol. The van der Waals surface area contributed by atoms with Gasteiger partial charge in [0.2, 0.25) is 0 Å². The largest absolute Gasteiger partial charge is 0.327 e. The number of nitrogens with two attached hydrogens (primary N) is 1. The zero-order valence-corrected chi connectivity index (χ0v) is 12.5. The van der Waals surface area contributed by atoms with E-state index >= 15 is 0 Å². The molecule has 0 aromatic heterocycles. The fourth-order valence-corrected chi connectivity index (χ4v) is 4.45. The van der Waals surface area contributed by atoms with E-state index in [0.717, 1.165) is 30.1 Å². The normalized spacial score (nSPS) is 39.5. The summed E-state index contributed by atoms with van der Waals surface area (Å²) in [5, 5.41) is 0. The van der Waals surface area contributed by atoms with Crippen LogP contribution in [0.5, 0.6) is 0 Å². The van der Waals surface area contributed by atoms with Crippen molar-refractivity contribution in [3.8, 4) is 0 Å². The van der Waals surface area contributed by atoms with Gasteiger partial charge < -0.3 is 5.73 Å². The van der Waals surface area contributed by atoms with Gasteiger partial charge >= 0.3 is 0 Å². The lowest BCUT2D eigenvalue weighted by atomic mass is 9.68. The molecule has 0 aromatic carbocycles. The molecule has 106 valence electrons. The van der Waals surface area contributed by atoms with Gasteiger partial charge in [0, 0.05) is 6.04 Å². The van der Waals surface area contributed by atoms with E-state index in [-0.39, 0.29) is 0 Å². The summed E-state index contributed by atoms with van der Waals surface area (Å²) in [5.74, 6) is 3.99. The van der Waals surface area contributed by atoms with Crippen LogP contribution in [0.3, 0.4) is 0 Å². The highest BCUT2D eigenvalue weighted by atomic mass is 14.6. The van der Waals surface area contributed by atoms with Crippen LogP contribution in [0.15, 0.2) is 0 Å². The van der Waals surface area contributed by atoms with Gasteiger partial charge in [-0.15, -0.1) is 0 Å². The minimum absolute atomic E-state index is 0.474. The molecular formula is C17H33N. The molecule has 0 spiro atoms. The van der Waals surface area contributed by atoms with Crippen LogP contribution in [0.1, 0.15) is 78.1 Å². The Morgan fingerprint density at radius 1 is 0.833 bits per heavy atom. The van der Waals surface area contributed by atoms with Crippen molar-refractivity contribution in [1.29, 1.82) is 0 Å². The van der Waals surface area contributed by atoms with Gasteiger partial charge in [-0.1, -0.05) is 33.1 Å². The van der Waals surface area contributed by atoms with Crippen LogP contribution < -0.4 is 5.73 Å². The van der Waals surface area contributed by atoms with E-state index < -0.39 is 0 Å². The molecule has 0 heterocycles. The highest BCUT2D eigenvalue weighted by molar-refractivity contribution is 4.84. The first-order chi connectivity index (χ1) is 8.74. The molecule has 1 nitrogen and oxygen atoms in total. The van der Waals surface area contributed by atoms with Crippen molar-refractivity contribution in [1.82, 2.24) is 0 Å². The molecule has 0 aliphatic heterocycles. The average molecular weight is 251 g/mol. The molecule has 2 aliphatic rings. The third-order valence-corrected chi connectivity index (χ3v) is 6.03. The molecule has 0 aromatic rings. The SMILES string of the molecule is CCC1CCC(C2CCC(C(N)CC)CC2)CC1. The van der Waals surface area contributed by atoms with E-state index in [9.17, 15) is 0 Å². The maximum Gasteiger partial charge on any atom is 0.00645 e. The summed E-state index contributed by atoms with van der Waals surface area (Å²) in [5.41, 5.74) is 6.21. The van der Waals surface area contributed by atoms with Gasteiger partial charge in [0.1, 0.15) is 0 Å². The third kappa shape index (κ3) is 3.50. The molecule has 2 saturated carbocycles. The Kier molecular flexibility index (Phi) is 5.54. The minimum atomic E-state index is 0.474. The second-order valence-electron chi connectivity index (χ2n) is 6.94. The predicted octanol–water partition coefficient (Wildman–Crippen LogP) is 4.75. The Bertz CT molecular complexity index is 222. The van der Waals surface area contributed by atoms with Crippen LogP contribution in [-0.4, -0.2) is 6.04 Å². The zero-order valence-electron chi connectivity index (χ0n) is 12.5. The summed E-state index contributed by atoms with van der Waals surface area (Å²) in [4.78, 5) is 0. The fraction of sp³-hybridized carbons (Fsp3) is 1.00. The Morgan fingerprint density at radius 3 is 1.78 bits per heavy atom. The molecule has 2 N–H and O–H groups in total. The number of hydrogen-bond donors (Lipinski definition) is 1. The van der Waals surface area contributed by atoms with Gasteiger partial charge in [-0.05, 0) is 68.6 Å². The molecule has 2 aliphatic carbocycles. The van der Waals surface area contributed by atoms with Crippen LogP contribution in [0.4, 0.5) is 0 Å². The zero-order chi connectivity index (χ0) is 13.0. The minimum Gasteiger partial charge on any atom is -0.327 e. The second kappa shape index (κ2) is 6.93. The highest BCUT2D eigenvalue weighted by Gasteiger charge is 2.31. The van der Waals surface area contributed by atoms with Crippen molar-refractivity contribution in [2.24, 2.45) is 29.4 Å². The maximum absolute atomic E-state index is 6.21. The van der Waals surface area contributed by atoms with Gasteiger partial charge in [-0.3, -0.25) is 0 Å². The smallest absolute Gasteiger partial charge is 0.00645 e. The number of rotatable bonds is 4. The van der Waals surface area contributed by atoms with Crippen LogP contribution in [0.2, 0.25) is 0 Å². The Morgan fingerprint density at radius 2 is 1.33 bits per heavy atom. The summed E-state index contributed by atoms with van der Waals surface area (Å²) in [6.07, 6.45) is 14.4. The fourth-order valence-electron chi connectivity index (χ4n) is 4.45. The molecule has 1 unspecified atom stereocenters. The second-order valence-corrected chi connectivity index (χ2v) is 6.94. The standard InChI is InChI=1S/C17H33N/c1-3-13-5-7-14(8-6-13)15-9-11-16(12-10-15)17(18)4-2/h13-17H,3-12,18H2,1-2H3. The first kappa shape index (κ1) is 14.4. The van der Waals surface area contributed by atoms with E-state index in [2.05, 4.69) is 13.8 Å². The molecule has 1 atom stereocenters. The topological polar surface area (TPSA) is 26.0 Å². The maximum atomic E-state index is 6.21. The van der Waals surface area contributed by atoms with Crippen molar-refractivity contribution >= 4 is 0 Å². The van der Waals surface area contributed by atoms with Gasteiger partial charge in [-0.25, -0.2) is 0 Å². The van der Waals surface area contributed by atoms with Crippen molar-refractivity contribution in [3.05, 3.63) is 0 Å². The molecule has 2 rings (SSSR count). The quantitative estimate of drug-likeness (QED) is 0.767. The summed E-state index contributed by atoms with van der Waals surface area (Å²) < 4.78 is 0. The summed E-state index contributed by atoms with van der Waals surface area (Å²) in [6.45, 7) is 4.60. The number of hydrogen-bond acceptors (Lipinski definition) is 1. The van der Waals surface area contributed by atoms with Gasteiger partial charge in [0.15, 0.2) is 0 Å². The predicted molar refractivity (Wildman–Crippen MR) is 79.5 cm³/mol. The van der Waals surface area contributed by atoms with Crippen LogP contribution in [0, 0.1) is 23.7 Å². The van der Waals surface area contributed by atoms with Crippen molar-refractivity contribution in [2.45, 2.75) is 84.1 Å². The third-order valence-electron chi connectivity index (χ3n) is 6.03. The Labute approximate surface area is 114 Å².